The fourth-order valence-corrected chi connectivity index (χ4v) is 7.98. The van der Waals surface area contributed by atoms with E-state index in [1.807, 2.05) is 19.1 Å². The number of benzene rings is 1. The van der Waals surface area contributed by atoms with Crippen LogP contribution in [-0.4, -0.2) is 68.4 Å². The molecule has 4 aromatic rings. The van der Waals surface area contributed by atoms with Gasteiger partial charge in [0.2, 0.25) is 0 Å². The third kappa shape index (κ3) is 3.72. The number of hydrogen-bond donors (Lipinski definition) is 1. The summed E-state index contributed by atoms with van der Waals surface area (Å²) >= 11 is 0. The van der Waals surface area contributed by atoms with Gasteiger partial charge in [0.05, 0.1) is 22.6 Å². The number of hydrogen-bond acceptors (Lipinski definition) is 7. The van der Waals surface area contributed by atoms with Gasteiger partial charge in [0.15, 0.2) is 5.82 Å². The van der Waals surface area contributed by atoms with Crippen molar-refractivity contribution >= 4 is 27.6 Å². The molecule has 3 aliphatic heterocycles. The van der Waals surface area contributed by atoms with E-state index in [4.69, 9.17) is 14.7 Å². The quantitative estimate of drug-likeness (QED) is 0.379. The van der Waals surface area contributed by atoms with Gasteiger partial charge in [-0.15, -0.1) is 0 Å². The molecule has 9 heteroatoms. The number of anilines is 1. The Morgan fingerprint density at radius 2 is 1.85 bits per heavy atom. The molecule has 3 saturated heterocycles. The molecule has 2 bridgehead atoms. The first-order valence-electron chi connectivity index (χ1n) is 14.5. The summed E-state index contributed by atoms with van der Waals surface area (Å²) in [6.45, 7) is 6.67. The van der Waals surface area contributed by atoms with Crippen LogP contribution in [0.1, 0.15) is 50.5 Å². The third-order valence-electron chi connectivity index (χ3n) is 9.90. The van der Waals surface area contributed by atoms with Crippen molar-refractivity contribution in [2.24, 2.45) is 11.8 Å². The van der Waals surface area contributed by atoms with E-state index >= 15 is 4.39 Å². The lowest BCUT2D eigenvalue weighted by Gasteiger charge is -2.34. The Morgan fingerprint density at radius 3 is 2.64 bits per heavy atom. The predicted molar refractivity (Wildman–Crippen MR) is 148 cm³/mol. The molecule has 8 nitrogen and oxygen atoms in total. The fourth-order valence-electron chi connectivity index (χ4n) is 7.98. The molecule has 4 aliphatic rings. The van der Waals surface area contributed by atoms with E-state index in [0.717, 1.165) is 66.9 Å². The highest BCUT2D eigenvalue weighted by Crippen LogP contribution is 2.42. The second-order valence-electron chi connectivity index (χ2n) is 12.3. The largest absolute Gasteiger partial charge is 0.461 e. The van der Waals surface area contributed by atoms with Crippen molar-refractivity contribution in [1.29, 1.82) is 0 Å². The maximum absolute atomic E-state index is 16.6. The number of aromatic nitrogens is 5. The molecule has 2 unspecified atom stereocenters. The summed E-state index contributed by atoms with van der Waals surface area (Å²) in [7, 11) is 0. The van der Waals surface area contributed by atoms with Crippen LogP contribution >= 0.6 is 0 Å². The highest BCUT2D eigenvalue weighted by molar-refractivity contribution is 5.98. The second kappa shape index (κ2) is 8.84. The second-order valence-corrected chi connectivity index (χ2v) is 12.3. The van der Waals surface area contributed by atoms with Gasteiger partial charge in [0, 0.05) is 30.2 Å². The number of nitrogens with one attached hydrogen (secondary N) is 1. The van der Waals surface area contributed by atoms with Crippen LogP contribution in [0.5, 0.6) is 6.01 Å². The minimum Gasteiger partial charge on any atom is -0.461 e. The standard InChI is InChI=1S/C30H34FN7O/c1-18-4-7-23-21(14-33-36-23)24(18)27-25(31)26-22(13-32-27)28(37-15-19-5-6-20(12-19)16-37)35-29(34-26)39-17-30-8-2-10-38(30)11-3-9-30/h4,7,13-14,19-20H,2-3,5-6,8-12,15-17H2,1H3,(H,33,36). The number of piperidine rings is 1. The van der Waals surface area contributed by atoms with Crippen LogP contribution in [0, 0.1) is 24.6 Å². The highest BCUT2D eigenvalue weighted by Gasteiger charge is 2.45. The lowest BCUT2D eigenvalue weighted by molar-refractivity contribution is 0.108. The first kappa shape index (κ1) is 23.5. The number of pyridine rings is 1. The highest BCUT2D eigenvalue weighted by atomic mass is 19.1. The topological polar surface area (TPSA) is 83.1 Å². The van der Waals surface area contributed by atoms with Crippen LogP contribution in [0.15, 0.2) is 24.5 Å². The third-order valence-corrected chi connectivity index (χ3v) is 9.90. The molecule has 0 radical (unpaired) electrons. The monoisotopic (exact) mass is 527 g/mol. The predicted octanol–water partition coefficient (Wildman–Crippen LogP) is 5.26. The van der Waals surface area contributed by atoms with Crippen molar-refractivity contribution in [3.05, 3.63) is 35.9 Å². The zero-order valence-electron chi connectivity index (χ0n) is 22.4. The minimum atomic E-state index is -0.431. The molecule has 3 aromatic heterocycles. The normalized spacial score (nSPS) is 24.2. The Labute approximate surface area is 227 Å². The van der Waals surface area contributed by atoms with Crippen LogP contribution in [0.4, 0.5) is 10.2 Å². The van der Waals surface area contributed by atoms with Crippen LogP contribution < -0.4 is 9.64 Å². The molecule has 8 rings (SSSR count). The Hall–Kier alpha value is -3.33. The van der Waals surface area contributed by atoms with Crippen molar-refractivity contribution in [3.8, 4) is 17.3 Å². The van der Waals surface area contributed by atoms with Crippen molar-refractivity contribution in [2.75, 3.05) is 37.7 Å². The van der Waals surface area contributed by atoms with Crippen molar-refractivity contribution in [3.63, 3.8) is 0 Å². The number of nitrogens with zero attached hydrogens (tertiary/aromatic N) is 6. The molecule has 202 valence electrons. The van der Waals surface area contributed by atoms with Gasteiger partial charge in [-0.3, -0.25) is 15.0 Å². The molecule has 1 N–H and O–H groups in total. The van der Waals surface area contributed by atoms with E-state index in [1.165, 1.54) is 32.1 Å². The Bertz CT molecular complexity index is 1560. The number of fused-ring (bicyclic) bond motifs is 5. The van der Waals surface area contributed by atoms with Crippen LogP contribution in [0.3, 0.4) is 0 Å². The van der Waals surface area contributed by atoms with Gasteiger partial charge in [0.1, 0.15) is 23.6 Å². The summed E-state index contributed by atoms with van der Waals surface area (Å²) in [6, 6.07) is 4.21. The molecule has 6 heterocycles. The maximum Gasteiger partial charge on any atom is 0.319 e. The maximum atomic E-state index is 16.6. The zero-order chi connectivity index (χ0) is 26.1. The Morgan fingerprint density at radius 1 is 1.05 bits per heavy atom. The van der Waals surface area contributed by atoms with Gasteiger partial charge in [-0.1, -0.05) is 6.07 Å². The van der Waals surface area contributed by atoms with E-state index in [9.17, 15) is 0 Å². The molecule has 1 saturated carbocycles. The van der Waals surface area contributed by atoms with Gasteiger partial charge >= 0.3 is 6.01 Å². The van der Waals surface area contributed by atoms with E-state index < -0.39 is 5.82 Å². The summed E-state index contributed by atoms with van der Waals surface area (Å²) < 4.78 is 22.9. The summed E-state index contributed by atoms with van der Waals surface area (Å²) in [4.78, 5) is 19.3. The minimum absolute atomic E-state index is 0.0682. The van der Waals surface area contributed by atoms with Crippen molar-refractivity contribution < 1.29 is 9.13 Å². The Kier molecular flexibility index (Phi) is 5.34. The summed E-state index contributed by atoms with van der Waals surface area (Å²) in [5.41, 5.74) is 3.17. The van der Waals surface area contributed by atoms with Crippen LogP contribution in [-0.2, 0) is 0 Å². The molecule has 1 aromatic carbocycles. The molecule has 1 aliphatic carbocycles. The first-order valence-corrected chi connectivity index (χ1v) is 14.5. The van der Waals surface area contributed by atoms with Gasteiger partial charge in [-0.25, -0.2) is 4.39 Å². The lowest BCUT2D eigenvalue weighted by atomic mass is 9.95. The van der Waals surface area contributed by atoms with Gasteiger partial charge in [-0.05, 0) is 88.4 Å². The smallest absolute Gasteiger partial charge is 0.319 e. The number of halogens is 1. The molecule has 4 fully saturated rings. The number of aryl methyl sites for hydroxylation is 1. The van der Waals surface area contributed by atoms with Crippen molar-refractivity contribution in [2.45, 2.75) is 57.4 Å². The molecule has 2 atom stereocenters. The van der Waals surface area contributed by atoms with Gasteiger partial charge in [0.25, 0.3) is 0 Å². The average Bonchev–Trinajstić information content (AvgIpc) is 3.72. The summed E-state index contributed by atoms with van der Waals surface area (Å²) in [6.07, 6.45) is 12.0. The molecule has 0 spiro atoms. The van der Waals surface area contributed by atoms with E-state index in [1.54, 1.807) is 12.4 Å². The SMILES string of the molecule is Cc1ccc2[nH]ncc2c1-c1ncc2c(N3CC4CCC(C4)C3)nc(OCC34CCCN3CCC4)nc2c1F. The molecular formula is C30H34FN7O. The molecular weight excluding hydrogens is 493 g/mol. The lowest BCUT2D eigenvalue weighted by Crippen LogP contribution is -2.43. The van der Waals surface area contributed by atoms with E-state index in [0.29, 0.717) is 23.8 Å². The molecule has 0 amide bonds. The Balaban J connectivity index is 1.25. The molecule has 39 heavy (non-hydrogen) atoms. The van der Waals surface area contributed by atoms with E-state index in [2.05, 4.69) is 25.0 Å². The van der Waals surface area contributed by atoms with E-state index in [-0.39, 0.29) is 22.8 Å². The fraction of sp³-hybridized carbons (Fsp3) is 0.533. The average molecular weight is 528 g/mol. The first-order chi connectivity index (χ1) is 19.1. The van der Waals surface area contributed by atoms with Gasteiger partial charge in [-0.2, -0.15) is 15.1 Å². The van der Waals surface area contributed by atoms with Crippen LogP contribution in [0.25, 0.3) is 33.1 Å². The number of rotatable bonds is 5. The van der Waals surface area contributed by atoms with Crippen molar-refractivity contribution in [1.82, 2.24) is 30.0 Å². The van der Waals surface area contributed by atoms with Crippen LogP contribution in [0.2, 0.25) is 0 Å². The number of aromatic amines is 1. The number of ether oxygens (including phenoxy) is 1. The number of H-pyrrole nitrogens is 1. The summed E-state index contributed by atoms with van der Waals surface area (Å²) in [5.74, 6) is 1.66. The summed E-state index contributed by atoms with van der Waals surface area (Å²) in [5, 5.41) is 8.68. The zero-order valence-corrected chi connectivity index (χ0v) is 22.4. The van der Waals surface area contributed by atoms with Gasteiger partial charge < -0.3 is 9.64 Å².